The minimum absolute atomic E-state index is 0.0968. The lowest BCUT2D eigenvalue weighted by Crippen LogP contribution is -2.09. The summed E-state index contributed by atoms with van der Waals surface area (Å²) in [6, 6.07) is 0. The molecule has 0 heterocycles. The van der Waals surface area contributed by atoms with Gasteiger partial charge in [0.1, 0.15) is 17.1 Å². The number of carboxylic acid groups (broad SMARTS) is 1. The Morgan fingerprint density at radius 1 is 1.18 bits per heavy atom. The van der Waals surface area contributed by atoms with Gasteiger partial charge in [-0.2, -0.15) is 0 Å². The van der Waals surface area contributed by atoms with Gasteiger partial charge in [0.15, 0.2) is 0 Å². The molecule has 2 aliphatic carbocycles. The standard InChI is InChI=1S/C13H12O4/c14-10-7-3-6-9(10)11(13(16)17)12(15)8-4-1-2-5-8/h1-4,7,14-15H,5-6H2,(H,16,17). The Morgan fingerprint density at radius 3 is 2.41 bits per heavy atom. The zero-order valence-corrected chi connectivity index (χ0v) is 9.05. The van der Waals surface area contributed by atoms with E-state index in [-0.39, 0.29) is 22.7 Å². The number of hydrogen-bond acceptors (Lipinski definition) is 3. The van der Waals surface area contributed by atoms with Crippen molar-refractivity contribution in [3.8, 4) is 0 Å². The predicted octanol–water partition coefficient (Wildman–Crippen LogP) is 2.54. The number of carbonyl (C=O) groups is 1. The van der Waals surface area contributed by atoms with Crippen molar-refractivity contribution in [2.24, 2.45) is 0 Å². The van der Waals surface area contributed by atoms with Gasteiger partial charge in [0, 0.05) is 5.57 Å². The van der Waals surface area contributed by atoms with E-state index in [1.54, 1.807) is 18.2 Å². The summed E-state index contributed by atoms with van der Waals surface area (Å²) in [5, 5.41) is 28.7. The van der Waals surface area contributed by atoms with Crippen molar-refractivity contribution < 1.29 is 20.1 Å². The highest BCUT2D eigenvalue weighted by Crippen LogP contribution is 2.30. The number of rotatable bonds is 3. The van der Waals surface area contributed by atoms with E-state index in [0.29, 0.717) is 18.4 Å². The van der Waals surface area contributed by atoms with Gasteiger partial charge < -0.3 is 15.3 Å². The van der Waals surface area contributed by atoms with E-state index in [1.807, 2.05) is 6.08 Å². The maximum atomic E-state index is 11.2. The summed E-state index contributed by atoms with van der Waals surface area (Å²) < 4.78 is 0. The second-order valence-electron chi connectivity index (χ2n) is 3.82. The molecular formula is C13H12O4. The third-order valence-corrected chi connectivity index (χ3v) is 2.73. The third-order valence-electron chi connectivity index (χ3n) is 2.73. The molecule has 0 aromatic heterocycles. The smallest absolute Gasteiger partial charge is 0.339 e. The predicted molar refractivity (Wildman–Crippen MR) is 62.5 cm³/mol. The molecule has 0 bridgehead atoms. The summed E-state index contributed by atoms with van der Waals surface area (Å²) in [4.78, 5) is 11.2. The van der Waals surface area contributed by atoms with Crippen LogP contribution in [-0.4, -0.2) is 21.3 Å². The number of aliphatic hydroxyl groups excluding tert-OH is 2. The second-order valence-corrected chi connectivity index (χ2v) is 3.82. The molecule has 88 valence electrons. The fraction of sp³-hybridized carbons (Fsp3) is 0.154. The van der Waals surface area contributed by atoms with Gasteiger partial charge in [-0.05, 0) is 24.5 Å². The van der Waals surface area contributed by atoms with E-state index < -0.39 is 5.97 Å². The first kappa shape index (κ1) is 11.3. The van der Waals surface area contributed by atoms with Gasteiger partial charge in [-0.25, -0.2) is 4.79 Å². The Hall–Kier alpha value is -2.23. The molecule has 0 spiro atoms. The third kappa shape index (κ3) is 2.01. The second kappa shape index (κ2) is 4.33. The van der Waals surface area contributed by atoms with Crippen LogP contribution in [0.15, 0.2) is 58.6 Å². The minimum atomic E-state index is -1.24. The normalized spacial score (nSPS) is 19.6. The van der Waals surface area contributed by atoms with Gasteiger partial charge in [-0.15, -0.1) is 0 Å². The van der Waals surface area contributed by atoms with Gasteiger partial charge in [0.25, 0.3) is 0 Å². The Labute approximate surface area is 98.2 Å². The molecule has 0 aromatic carbocycles. The molecule has 4 heteroatoms. The molecule has 2 aliphatic rings. The van der Waals surface area contributed by atoms with Crippen molar-refractivity contribution in [1.82, 2.24) is 0 Å². The maximum absolute atomic E-state index is 11.2. The van der Waals surface area contributed by atoms with Gasteiger partial charge >= 0.3 is 5.97 Å². The SMILES string of the molecule is O=C(O)C(=C(O)C1=CC=CC1)C1=C(O)C=CC1. The van der Waals surface area contributed by atoms with E-state index in [2.05, 4.69) is 0 Å². The van der Waals surface area contributed by atoms with Crippen molar-refractivity contribution in [3.05, 3.63) is 58.6 Å². The number of aliphatic hydroxyl groups is 2. The number of aliphatic carboxylic acids is 1. The van der Waals surface area contributed by atoms with Crippen molar-refractivity contribution >= 4 is 5.97 Å². The first-order valence-corrected chi connectivity index (χ1v) is 5.23. The van der Waals surface area contributed by atoms with Crippen LogP contribution in [0.1, 0.15) is 12.8 Å². The van der Waals surface area contributed by atoms with E-state index in [4.69, 9.17) is 5.11 Å². The van der Waals surface area contributed by atoms with Gasteiger partial charge in [0.2, 0.25) is 0 Å². The molecule has 0 fully saturated rings. The van der Waals surface area contributed by atoms with Crippen LogP contribution in [-0.2, 0) is 4.79 Å². The Bertz CT molecular complexity index is 516. The van der Waals surface area contributed by atoms with Crippen LogP contribution >= 0.6 is 0 Å². The fourth-order valence-corrected chi connectivity index (χ4v) is 1.88. The quantitative estimate of drug-likeness (QED) is 0.516. The number of allylic oxidation sites excluding steroid dienone is 6. The molecule has 17 heavy (non-hydrogen) atoms. The molecule has 0 atom stereocenters. The van der Waals surface area contributed by atoms with Crippen molar-refractivity contribution in [2.75, 3.05) is 0 Å². The van der Waals surface area contributed by atoms with Gasteiger partial charge in [-0.1, -0.05) is 24.3 Å². The molecular weight excluding hydrogens is 220 g/mol. The van der Waals surface area contributed by atoms with Crippen molar-refractivity contribution in [2.45, 2.75) is 12.8 Å². The molecule has 0 aromatic rings. The Balaban J connectivity index is 2.46. The van der Waals surface area contributed by atoms with Crippen LogP contribution in [0.5, 0.6) is 0 Å². The summed E-state index contributed by atoms with van der Waals surface area (Å²) in [6.45, 7) is 0. The summed E-state index contributed by atoms with van der Waals surface area (Å²) >= 11 is 0. The van der Waals surface area contributed by atoms with E-state index in [0.717, 1.165) is 0 Å². The van der Waals surface area contributed by atoms with Crippen LogP contribution in [0, 0.1) is 0 Å². The van der Waals surface area contributed by atoms with Crippen LogP contribution in [0.25, 0.3) is 0 Å². The molecule has 0 radical (unpaired) electrons. The molecule has 4 nitrogen and oxygen atoms in total. The molecule has 0 amide bonds. The summed E-state index contributed by atoms with van der Waals surface area (Å²) in [7, 11) is 0. The summed E-state index contributed by atoms with van der Waals surface area (Å²) in [5.74, 6) is -1.60. The highest BCUT2D eigenvalue weighted by Gasteiger charge is 2.25. The Morgan fingerprint density at radius 2 is 1.94 bits per heavy atom. The zero-order valence-electron chi connectivity index (χ0n) is 9.05. The fourth-order valence-electron chi connectivity index (χ4n) is 1.88. The average Bonchev–Trinajstić information content (AvgIpc) is 2.90. The zero-order chi connectivity index (χ0) is 12.4. The van der Waals surface area contributed by atoms with Crippen molar-refractivity contribution in [1.29, 1.82) is 0 Å². The van der Waals surface area contributed by atoms with E-state index in [9.17, 15) is 15.0 Å². The van der Waals surface area contributed by atoms with Crippen molar-refractivity contribution in [3.63, 3.8) is 0 Å². The number of hydrogen-bond donors (Lipinski definition) is 3. The molecule has 0 unspecified atom stereocenters. The summed E-state index contributed by atoms with van der Waals surface area (Å²) in [5.41, 5.74) is 0.583. The molecule has 0 aliphatic heterocycles. The molecule has 0 saturated carbocycles. The Kier molecular flexibility index (Phi) is 2.87. The lowest BCUT2D eigenvalue weighted by Gasteiger charge is -2.09. The van der Waals surface area contributed by atoms with Crippen LogP contribution < -0.4 is 0 Å². The lowest BCUT2D eigenvalue weighted by molar-refractivity contribution is -0.132. The highest BCUT2D eigenvalue weighted by atomic mass is 16.4. The average molecular weight is 232 g/mol. The topological polar surface area (TPSA) is 77.8 Å². The van der Waals surface area contributed by atoms with Gasteiger partial charge in [0.05, 0.1) is 0 Å². The first-order valence-electron chi connectivity index (χ1n) is 5.23. The van der Waals surface area contributed by atoms with Crippen LogP contribution in [0.3, 0.4) is 0 Å². The maximum Gasteiger partial charge on any atom is 0.339 e. The minimum Gasteiger partial charge on any atom is -0.508 e. The largest absolute Gasteiger partial charge is 0.508 e. The monoisotopic (exact) mass is 232 g/mol. The molecule has 3 N–H and O–H groups in total. The number of carboxylic acids is 1. The van der Waals surface area contributed by atoms with Crippen LogP contribution in [0.2, 0.25) is 0 Å². The highest BCUT2D eigenvalue weighted by molar-refractivity contribution is 5.94. The van der Waals surface area contributed by atoms with Gasteiger partial charge in [-0.3, -0.25) is 0 Å². The van der Waals surface area contributed by atoms with Crippen LogP contribution in [0.4, 0.5) is 0 Å². The molecule has 0 saturated heterocycles. The first-order chi connectivity index (χ1) is 8.11. The summed E-state index contributed by atoms with van der Waals surface area (Å²) in [6.07, 6.45) is 9.16. The van der Waals surface area contributed by atoms with E-state index in [1.165, 1.54) is 6.08 Å². The van der Waals surface area contributed by atoms with E-state index >= 15 is 0 Å². The molecule has 2 rings (SSSR count). The lowest BCUT2D eigenvalue weighted by atomic mass is 9.99.